The molecule has 3 aromatic rings. The third-order valence-corrected chi connectivity index (χ3v) is 3.44. The van der Waals surface area contributed by atoms with Crippen molar-refractivity contribution in [2.45, 2.75) is 20.4 Å². The number of aromatic amines is 1. The Morgan fingerprint density at radius 3 is 2.86 bits per heavy atom. The van der Waals surface area contributed by atoms with Gasteiger partial charge in [-0.1, -0.05) is 6.07 Å². The highest BCUT2D eigenvalue weighted by Crippen LogP contribution is 2.25. The van der Waals surface area contributed by atoms with Gasteiger partial charge < -0.3 is 9.73 Å². The number of H-pyrrole nitrogens is 1. The molecule has 0 bridgehead atoms. The third-order valence-electron chi connectivity index (χ3n) is 3.44. The van der Waals surface area contributed by atoms with Gasteiger partial charge in [0.2, 0.25) is 0 Å². The van der Waals surface area contributed by atoms with E-state index in [9.17, 15) is 4.39 Å². The molecular weight excluding hydrogens is 269 g/mol. The molecule has 0 fully saturated rings. The van der Waals surface area contributed by atoms with Gasteiger partial charge in [0.05, 0.1) is 6.20 Å². The number of aryl methyl sites for hydroxylation is 1. The van der Waals surface area contributed by atoms with Crippen molar-refractivity contribution in [1.29, 1.82) is 0 Å². The van der Waals surface area contributed by atoms with Gasteiger partial charge >= 0.3 is 0 Å². The molecule has 5 heteroatoms. The fraction of sp³-hybridized carbons (Fsp3) is 0.188. The summed E-state index contributed by atoms with van der Waals surface area (Å²) in [6.45, 7) is 4.19. The third kappa shape index (κ3) is 2.67. The fourth-order valence-electron chi connectivity index (χ4n) is 2.22. The average molecular weight is 285 g/mol. The number of benzene rings is 1. The van der Waals surface area contributed by atoms with E-state index in [2.05, 4.69) is 15.5 Å². The van der Waals surface area contributed by atoms with Crippen LogP contribution in [-0.2, 0) is 6.54 Å². The van der Waals surface area contributed by atoms with E-state index in [-0.39, 0.29) is 5.82 Å². The summed E-state index contributed by atoms with van der Waals surface area (Å²) in [5, 5.41) is 10.2. The molecule has 108 valence electrons. The van der Waals surface area contributed by atoms with E-state index in [0.29, 0.717) is 12.1 Å². The number of aromatic nitrogens is 2. The van der Waals surface area contributed by atoms with Gasteiger partial charge in [-0.2, -0.15) is 5.10 Å². The van der Waals surface area contributed by atoms with Gasteiger partial charge in [0.25, 0.3) is 0 Å². The minimum atomic E-state index is -0.214. The van der Waals surface area contributed by atoms with E-state index in [0.717, 1.165) is 28.5 Å². The van der Waals surface area contributed by atoms with Crippen LogP contribution in [0, 0.1) is 19.7 Å². The van der Waals surface area contributed by atoms with Crippen molar-refractivity contribution in [3.05, 3.63) is 59.2 Å². The Kier molecular flexibility index (Phi) is 3.48. The SMILES string of the molecule is Cc1ccc(-c2[nH]ncc2CNc2cccc(F)c2C)o1. The molecule has 2 aromatic heterocycles. The summed E-state index contributed by atoms with van der Waals surface area (Å²) in [4.78, 5) is 0. The van der Waals surface area contributed by atoms with Gasteiger partial charge in [0, 0.05) is 23.4 Å². The van der Waals surface area contributed by atoms with Crippen LogP contribution >= 0.6 is 0 Å². The van der Waals surface area contributed by atoms with E-state index in [1.807, 2.05) is 25.1 Å². The molecule has 0 aliphatic rings. The highest BCUT2D eigenvalue weighted by molar-refractivity contribution is 5.58. The maximum Gasteiger partial charge on any atom is 0.152 e. The molecule has 2 heterocycles. The Hall–Kier alpha value is -2.56. The first-order chi connectivity index (χ1) is 10.1. The zero-order chi connectivity index (χ0) is 14.8. The summed E-state index contributed by atoms with van der Waals surface area (Å²) in [7, 11) is 0. The summed E-state index contributed by atoms with van der Waals surface area (Å²) in [5.74, 6) is 1.38. The molecule has 2 N–H and O–H groups in total. The maximum absolute atomic E-state index is 13.5. The van der Waals surface area contributed by atoms with Crippen molar-refractivity contribution < 1.29 is 8.81 Å². The summed E-state index contributed by atoms with van der Waals surface area (Å²) in [6.07, 6.45) is 1.74. The molecule has 1 aromatic carbocycles. The van der Waals surface area contributed by atoms with E-state index >= 15 is 0 Å². The monoisotopic (exact) mass is 285 g/mol. The Bertz CT molecular complexity index is 760. The highest BCUT2D eigenvalue weighted by Gasteiger charge is 2.11. The number of halogens is 1. The summed E-state index contributed by atoms with van der Waals surface area (Å²) in [6, 6.07) is 8.81. The van der Waals surface area contributed by atoms with Gasteiger partial charge in [-0.15, -0.1) is 0 Å². The van der Waals surface area contributed by atoms with Crippen molar-refractivity contribution in [2.24, 2.45) is 0 Å². The molecule has 0 aliphatic heterocycles. The second kappa shape index (κ2) is 5.44. The topological polar surface area (TPSA) is 53.9 Å². The van der Waals surface area contributed by atoms with E-state index in [4.69, 9.17) is 4.42 Å². The highest BCUT2D eigenvalue weighted by atomic mass is 19.1. The summed E-state index contributed by atoms with van der Waals surface area (Å²) < 4.78 is 19.1. The molecule has 21 heavy (non-hydrogen) atoms. The Morgan fingerprint density at radius 2 is 2.10 bits per heavy atom. The number of hydrogen-bond acceptors (Lipinski definition) is 3. The normalized spacial score (nSPS) is 10.8. The molecule has 0 saturated heterocycles. The van der Waals surface area contributed by atoms with Crippen LogP contribution in [0.1, 0.15) is 16.9 Å². The van der Waals surface area contributed by atoms with E-state index < -0.39 is 0 Å². The van der Waals surface area contributed by atoms with Gasteiger partial charge in [-0.3, -0.25) is 5.10 Å². The predicted molar refractivity (Wildman–Crippen MR) is 79.5 cm³/mol. The standard InChI is InChI=1S/C16H16FN3O/c1-10-6-7-15(21-10)16-12(9-19-20-16)8-18-14-5-3-4-13(17)11(14)2/h3-7,9,18H,8H2,1-2H3,(H,19,20). The molecule has 0 spiro atoms. The molecule has 0 radical (unpaired) electrons. The molecule has 0 atom stereocenters. The second-order valence-electron chi connectivity index (χ2n) is 4.95. The lowest BCUT2D eigenvalue weighted by Gasteiger charge is -2.09. The van der Waals surface area contributed by atoms with Crippen LogP contribution in [0.2, 0.25) is 0 Å². The molecule has 0 amide bonds. The number of furan rings is 1. The first-order valence-electron chi connectivity index (χ1n) is 6.73. The molecule has 3 rings (SSSR count). The number of anilines is 1. The molecule has 0 saturated carbocycles. The zero-order valence-corrected chi connectivity index (χ0v) is 11.9. The van der Waals surface area contributed by atoms with E-state index in [1.165, 1.54) is 6.07 Å². The largest absolute Gasteiger partial charge is 0.460 e. The molecule has 0 unspecified atom stereocenters. The van der Waals surface area contributed by atoms with Gasteiger partial charge in [-0.25, -0.2) is 4.39 Å². The van der Waals surface area contributed by atoms with Crippen LogP contribution in [0.25, 0.3) is 11.5 Å². The minimum Gasteiger partial charge on any atom is -0.460 e. The lowest BCUT2D eigenvalue weighted by Crippen LogP contribution is -2.02. The van der Waals surface area contributed by atoms with Crippen molar-refractivity contribution in [1.82, 2.24) is 10.2 Å². The minimum absolute atomic E-state index is 0.214. The first-order valence-corrected chi connectivity index (χ1v) is 6.73. The van der Waals surface area contributed by atoms with Crippen LogP contribution in [0.4, 0.5) is 10.1 Å². The zero-order valence-electron chi connectivity index (χ0n) is 11.9. The molecular formula is C16H16FN3O. The predicted octanol–water partition coefficient (Wildman–Crippen LogP) is 4.04. The number of nitrogens with one attached hydrogen (secondary N) is 2. The summed E-state index contributed by atoms with van der Waals surface area (Å²) >= 11 is 0. The van der Waals surface area contributed by atoms with Crippen LogP contribution < -0.4 is 5.32 Å². The fourth-order valence-corrected chi connectivity index (χ4v) is 2.22. The Balaban J connectivity index is 1.80. The number of nitrogens with zero attached hydrogens (tertiary/aromatic N) is 1. The van der Waals surface area contributed by atoms with E-state index in [1.54, 1.807) is 19.2 Å². The van der Waals surface area contributed by atoms with Gasteiger partial charge in [0.15, 0.2) is 5.76 Å². The number of hydrogen-bond donors (Lipinski definition) is 2. The van der Waals surface area contributed by atoms with Crippen molar-refractivity contribution >= 4 is 5.69 Å². The van der Waals surface area contributed by atoms with Crippen LogP contribution in [0.5, 0.6) is 0 Å². The van der Waals surface area contributed by atoms with Crippen LogP contribution in [-0.4, -0.2) is 10.2 Å². The molecule has 4 nitrogen and oxygen atoms in total. The van der Waals surface area contributed by atoms with Crippen molar-refractivity contribution in [3.8, 4) is 11.5 Å². The summed E-state index contributed by atoms with van der Waals surface area (Å²) in [5.41, 5.74) is 3.19. The maximum atomic E-state index is 13.5. The van der Waals surface area contributed by atoms with Crippen LogP contribution in [0.15, 0.2) is 40.9 Å². The van der Waals surface area contributed by atoms with Crippen molar-refractivity contribution in [2.75, 3.05) is 5.32 Å². The number of rotatable bonds is 4. The van der Waals surface area contributed by atoms with Gasteiger partial charge in [-0.05, 0) is 38.1 Å². The average Bonchev–Trinajstić information content (AvgIpc) is 3.09. The van der Waals surface area contributed by atoms with Crippen LogP contribution in [0.3, 0.4) is 0 Å². The smallest absolute Gasteiger partial charge is 0.152 e. The second-order valence-corrected chi connectivity index (χ2v) is 4.95. The van der Waals surface area contributed by atoms with Gasteiger partial charge in [0.1, 0.15) is 17.3 Å². The lowest BCUT2D eigenvalue weighted by atomic mass is 10.1. The molecule has 0 aliphatic carbocycles. The Labute approximate surface area is 122 Å². The first kappa shape index (κ1) is 13.4. The quantitative estimate of drug-likeness (QED) is 0.760. The Morgan fingerprint density at radius 1 is 1.24 bits per heavy atom. The van der Waals surface area contributed by atoms with Crippen molar-refractivity contribution in [3.63, 3.8) is 0 Å². The lowest BCUT2D eigenvalue weighted by molar-refractivity contribution is 0.545.